The van der Waals surface area contributed by atoms with Crippen LogP contribution in [0.1, 0.15) is 9.67 Å². The fourth-order valence-electron chi connectivity index (χ4n) is 1.57. The van der Waals surface area contributed by atoms with Crippen LogP contribution < -0.4 is 10.6 Å². The van der Waals surface area contributed by atoms with Crippen molar-refractivity contribution in [3.05, 3.63) is 50.6 Å². The van der Waals surface area contributed by atoms with E-state index in [0.29, 0.717) is 20.6 Å². The van der Waals surface area contributed by atoms with E-state index in [4.69, 9.17) is 58.0 Å². The second-order valence-electron chi connectivity index (χ2n) is 4.19. The molecule has 2 rings (SSSR count). The first-order chi connectivity index (χ1) is 10.3. The lowest BCUT2D eigenvalue weighted by atomic mass is 10.3. The number of carbonyl (C=O) groups excluding carboxylic acids is 1. The van der Waals surface area contributed by atoms with Gasteiger partial charge in [0.1, 0.15) is 6.17 Å². The maximum Gasteiger partial charge on any atom is 0.263 e. The number of carbonyl (C=O) groups is 1. The summed E-state index contributed by atoms with van der Waals surface area (Å²) in [5, 5.41) is 8.12. The van der Waals surface area contributed by atoms with Gasteiger partial charge in [-0.1, -0.05) is 64.1 Å². The van der Waals surface area contributed by atoms with E-state index in [1.807, 2.05) is 0 Å². The predicted molar refractivity (Wildman–Crippen MR) is 95.9 cm³/mol. The van der Waals surface area contributed by atoms with Gasteiger partial charge in [-0.3, -0.25) is 4.79 Å². The van der Waals surface area contributed by atoms with Gasteiger partial charge in [-0.25, -0.2) is 0 Å². The first kappa shape index (κ1) is 18.0. The molecule has 1 atom stereocenters. The molecule has 0 saturated carbocycles. The average molecular weight is 419 g/mol. The van der Waals surface area contributed by atoms with Gasteiger partial charge in [0.25, 0.3) is 5.91 Å². The fourth-order valence-corrected chi connectivity index (χ4v) is 2.87. The highest BCUT2D eigenvalue weighted by Gasteiger charge is 2.34. The van der Waals surface area contributed by atoms with Crippen molar-refractivity contribution in [2.24, 2.45) is 0 Å². The molecule has 22 heavy (non-hydrogen) atoms. The van der Waals surface area contributed by atoms with E-state index in [1.54, 1.807) is 35.7 Å². The topological polar surface area (TPSA) is 41.1 Å². The summed E-state index contributed by atoms with van der Waals surface area (Å²) in [4.78, 5) is 12.6. The number of thiophene rings is 1. The van der Waals surface area contributed by atoms with Crippen LogP contribution in [-0.2, 0) is 0 Å². The van der Waals surface area contributed by atoms with Crippen LogP contribution >= 0.6 is 69.3 Å². The van der Waals surface area contributed by atoms with Crippen molar-refractivity contribution in [2.75, 3.05) is 5.32 Å². The molecule has 0 radical (unpaired) electrons. The van der Waals surface area contributed by atoms with Crippen molar-refractivity contribution in [3.8, 4) is 0 Å². The highest BCUT2D eigenvalue weighted by atomic mass is 35.6. The molecule has 3 nitrogen and oxygen atoms in total. The van der Waals surface area contributed by atoms with Crippen molar-refractivity contribution in [1.82, 2.24) is 5.32 Å². The summed E-state index contributed by atoms with van der Waals surface area (Å²) in [7, 11) is 0. The molecule has 0 fully saturated rings. The van der Waals surface area contributed by atoms with E-state index < -0.39 is 9.96 Å². The number of anilines is 1. The van der Waals surface area contributed by atoms with Gasteiger partial charge in [0.15, 0.2) is 0 Å². The van der Waals surface area contributed by atoms with E-state index in [9.17, 15) is 4.79 Å². The normalized spacial score (nSPS) is 12.8. The Morgan fingerprint density at radius 3 is 2.50 bits per heavy atom. The zero-order valence-corrected chi connectivity index (χ0v) is 15.3. The fraction of sp³-hybridized carbons (Fsp3) is 0.154. The molecule has 0 unspecified atom stereocenters. The monoisotopic (exact) mass is 416 g/mol. The summed E-state index contributed by atoms with van der Waals surface area (Å²) < 4.78 is -1.79. The van der Waals surface area contributed by atoms with Gasteiger partial charge in [-0.2, -0.15) is 0 Å². The zero-order valence-electron chi connectivity index (χ0n) is 10.7. The molecule has 0 spiro atoms. The third-order valence-electron chi connectivity index (χ3n) is 2.58. The van der Waals surface area contributed by atoms with Gasteiger partial charge in [-0.05, 0) is 29.6 Å². The van der Waals surface area contributed by atoms with Crippen LogP contribution in [0.4, 0.5) is 5.69 Å². The van der Waals surface area contributed by atoms with Crippen LogP contribution in [-0.4, -0.2) is 15.9 Å². The molecule has 0 bridgehead atoms. The van der Waals surface area contributed by atoms with Crippen LogP contribution in [0.15, 0.2) is 35.7 Å². The molecule has 0 aliphatic rings. The van der Waals surface area contributed by atoms with E-state index in [1.165, 1.54) is 11.3 Å². The SMILES string of the molecule is O=C(N[C@H](Nc1cc(Cl)ccc1Cl)C(Cl)(Cl)Cl)c1cccs1. The molecule has 1 heterocycles. The first-order valence-corrected chi connectivity index (χ1v) is 8.67. The highest BCUT2D eigenvalue weighted by molar-refractivity contribution is 7.12. The summed E-state index contributed by atoms with van der Waals surface area (Å²) in [5.41, 5.74) is 0.442. The second-order valence-corrected chi connectivity index (χ2v) is 8.35. The Labute approximate surface area is 156 Å². The largest absolute Gasteiger partial charge is 0.361 e. The number of hydrogen-bond acceptors (Lipinski definition) is 3. The van der Waals surface area contributed by atoms with Crippen molar-refractivity contribution < 1.29 is 4.79 Å². The minimum absolute atomic E-state index is 0.364. The molecule has 1 aromatic heterocycles. The summed E-state index contributed by atoms with van der Waals surface area (Å²) in [6.07, 6.45) is -0.997. The maximum absolute atomic E-state index is 12.1. The number of halogens is 5. The molecule has 0 aliphatic heterocycles. The number of alkyl halides is 3. The van der Waals surface area contributed by atoms with Gasteiger partial charge in [0.2, 0.25) is 3.79 Å². The maximum atomic E-state index is 12.1. The standard InChI is InChI=1S/C13H9Cl5N2OS/c14-7-3-4-8(15)9(6-7)19-12(13(16,17)18)20-11(21)10-2-1-5-22-10/h1-6,12,19H,(H,20,21)/t12-/m0/s1. The van der Waals surface area contributed by atoms with Gasteiger partial charge >= 0.3 is 0 Å². The van der Waals surface area contributed by atoms with Crippen LogP contribution in [0.25, 0.3) is 0 Å². The quantitative estimate of drug-likeness (QED) is 0.502. The molecular formula is C13H9Cl5N2OS. The molecule has 1 aromatic carbocycles. The number of rotatable bonds is 4. The number of benzene rings is 1. The van der Waals surface area contributed by atoms with E-state index in [-0.39, 0.29) is 5.91 Å². The Hall–Kier alpha value is -0.360. The van der Waals surface area contributed by atoms with Crippen molar-refractivity contribution in [2.45, 2.75) is 9.96 Å². The third-order valence-corrected chi connectivity index (χ3v) is 4.66. The lowest BCUT2D eigenvalue weighted by Crippen LogP contribution is -2.49. The first-order valence-electron chi connectivity index (χ1n) is 5.90. The van der Waals surface area contributed by atoms with Crippen LogP contribution in [0, 0.1) is 0 Å². The van der Waals surface area contributed by atoms with Crippen molar-refractivity contribution in [3.63, 3.8) is 0 Å². The Morgan fingerprint density at radius 2 is 1.91 bits per heavy atom. The Kier molecular flexibility index (Phi) is 6.11. The summed E-state index contributed by atoms with van der Waals surface area (Å²) in [6.45, 7) is 0. The molecular weight excluding hydrogens is 409 g/mol. The lowest BCUT2D eigenvalue weighted by molar-refractivity contribution is 0.0946. The van der Waals surface area contributed by atoms with Crippen LogP contribution in [0.3, 0.4) is 0 Å². The zero-order chi connectivity index (χ0) is 16.3. The number of nitrogens with one attached hydrogen (secondary N) is 2. The summed E-state index contributed by atoms with van der Waals surface area (Å²) in [6, 6.07) is 8.23. The number of amides is 1. The van der Waals surface area contributed by atoms with E-state index in [0.717, 1.165) is 0 Å². The molecule has 2 aromatic rings. The Balaban J connectivity index is 2.20. The van der Waals surface area contributed by atoms with Crippen molar-refractivity contribution >= 4 is 80.9 Å². The van der Waals surface area contributed by atoms with E-state index in [2.05, 4.69) is 10.6 Å². The van der Waals surface area contributed by atoms with E-state index >= 15 is 0 Å². The molecule has 1 amide bonds. The predicted octanol–water partition coefficient (Wildman–Crippen LogP) is 5.59. The summed E-state index contributed by atoms with van der Waals surface area (Å²) in [5.74, 6) is -0.364. The molecule has 9 heteroatoms. The van der Waals surface area contributed by atoms with Crippen LogP contribution in [0.2, 0.25) is 10.0 Å². The average Bonchev–Trinajstić information content (AvgIpc) is 2.95. The minimum Gasteiger partial charge on any atom is -0.361 e. The van der Waals surface area contributed by atoms with Gasteiger partial charge in [-0.15, -0.1) is 11.3 Å². The molecule has 118 valence electrons. The second kappa shape index (κ2) is 7.47. The molecule has 2 N–H and O–H groups in total. The number of hydrogen-bond donors (Lipinski definition) is 2. The Bertz CT molecular complexity index is 657. The van der Waals surface area contributed by atoms with Gasteiger partial charge in [0, 0.05) is 5.02 Å². The Morgan fingerprint density at radius 1 is 1.18 bits per heavy atom. The highest BCUT2D eigenvalue weighted by Crippen LogP contribution is 2.34. The molecule has 0 saturated heterocycles. The minimum atomic E-state index is -1.79. The smallest absolute Gasteiger partial charge is 0.263 e. The summed E-state index contributed by atoms with van der Waals surface area (Å²) >= 11 is 31.0. The van der Waals surface area contributed by atoms with Crippen LogP contribution in [0.5, 0.6) is 0 Å². The van der Waals surface area contributed by atoms with Crippen molar-refractivity contribution in [1.29, 1.82) is 0 Å². The third kappa shape index (κ3) is 4.82. The van der Waals surface area contributed by atoms with Gasteiger partial charge < -0.3 is 10.6 Å². The lowest BCUT2D eigenvalue weighted by Gasteiger charge is -2.27. The van der Waals surface area contributed by atoms with Gasteiger partial charge in [0.05, 0.1) is 15.6 Å². The molecule has 0 aliphatic carbocycles.